The van der Waals surface area contributed by atoms with Crippen LogP contribution in [0.4, 0.5) is 5.69 Å². The van der Waals surface area contributed by atoms with E-state index >= 15 is 0 Å². The summed E-state index contributed by atoms with van der Waals surface area (Å²) in [7, 11) is 5.49. The Morgan fingerprint density at radius 2 is 1.87 bits per heavy atom. The average Bonchev–Trinajstić information content (AvgIpc) is 2.85. The normalized spacial score (nSPS) is 18.8. The number of fused-ring (bicyclic) bond motifs is 1. The lowest BCUT2D eigenvalue weighted by atomic mass is 10.1. The predicted molar refractivity (Wildman–Crippen MR) is 116 cm³/mol. The minimum absolute atomic E-state index is 0.239. The molecular weight excluding hydrogens is 404 g/mol. The first-order valence-electron chi connectivity index (χ1n) is 9.60. The van der Waals surface area contributed by atoms with Gasteiger partial charge in [0.15, 0.2) is 6.10 Å². The lowest BCUT2D eigenvalue weighted by Crippen LogP contribution is -2.45. The van der Waals surface area contributed by atoms with Crippen LogP contribution in [0.2, 0.25) is 0 Å². The van der Waals surface area contributed by atoms with Gasteiger partial charge in [-0.05, 0) is 43.9 Å². The number of amides is 1. The van der Waals surface area contributed by atoms with Gasteiger partial charge in [-0.3, -0.25) is 4.79 Å². The number of carbonyl (C=O) groups excluding carboxylic acids is 1. The third-order valence-corrected chi connectivity index (χ3v) is 6.17. The number of methoxy groups -OCH3 is 1. The van der Waals surface area contributed by atoms with E-state index in [4.69, 9.17) is 14.6 Å². The number of carboxylic acids is 1. The Bertz CT molecular complexity index is 887. The smallest absolute Gasteiger partial charge is 0.329 e. The van der Waals surface area contributed by atoms with E-state index in [0.29, 0.717) is 18.8 Å². The summed E-state index contributed by atoms with van der Waals surface area (Å²) in [4.78, 5) is 29.4. The molecule has 160 valence electrons. The Kier molecular flexibility index (Phi) is 7.36. The second kappa shape index (κ2) is 9.97. The Labute approximate surface area is 180 Å². The number of hydrogen-bond acceptors (Lipinski definition) is 6. The SMILES string of the molecule is COc1ccc([C@@H]2Sc3ccccc3N(CCN(C)C)C(=O)[C@@H]2OCC(=O)O)cc1. The van der Waals surface area contributed by atoms with Crippen LogP contribution in [-0.2, 0) is 14.3 Å². The van der Waals surface area contributed by atoms with Crippen molar-refractivity contribution in [2.24, 2.45) is 0 Å². The zero-order valence-corrected chi connectivity index (χ0v) is 18.1. The van der Waals surface area contributed by atoms with E-state index in [1.54, 1.807) is 12.0 Å². The number of hydrogen-bond donors (Lipinski definition) is 1. The molecule has 3 rings (SSSR count). The maximum absolute atomic E-state index is 13.6. The second-order valence-corrected chi connectivity index (χ2v) is 8.38. The van der Waals surface area contributed by atoms with Crippen molar-refractivity contribution < 1.29 is 24.2 Å². The first-order chi connectivity index (χ1) is 14.4. The molecule has 0 saturated heterocycles. The summed E-state index contributed by atoms with van der Waals surface area (Å²) < 4.78 is 10.9. The molecule has 1 heterocycles. The van der Waals surface area contributed by atoms with E-state index in [1.165, 1.54) is 11.8 Å². The maximum Gasteiger partial charge on any atom is 0.329 e. The number of para-hydroxylation sites is 1. The molecule has 2 aromatic rings. The third kappa shape index (κ3) is 5.13. The van der Waals surface area contributed by atoms with Crippen molar-refractivity contribution in [2.45, 2.75) is 16.2 Å². The fourth-order valence-electron chi connectivity index (χ4n) is 3.27. The van der Waals surface area contributed by atoms with E-state index in [2.05, 4.69) is 0 Å². The molecule has 0 radical (unpaired) electrons. The molecule has 0 bridgehead atoms. The summed E-state index contributed by atoms with van der Waals surface area (Å²) in [5.41, 5.74) is 1.68. The number of ether oxygens (including phenoxy) is 2. The summed E-state index contributed by atoms with van der Waals surface area (Å²) in [5.74, 6) is -0.640. The van der Waals surface area contributed by atoms with Gasteiger partial charge in [0.25, 0.3) is 5.91 Å². The van der Waals surface area contributed by atoms with Gasteiger partial charge in [0, 0.05) is 18.0 Å². The van der Waals surface area contributed by atoms with Crippen LogP contribution in [-0.4, -0.2) is 68.9 Å². The van der Waals surface area contributed by atoms with Crippen molar-refractivity contribution in [3.8, 4) is 5.75 Å². The molecule has 0 spiro atoms. The monoisotopic (exact) mass is 430 g/mol. The predicted octanol–water partition coefficient (Wildman–Crippen LogP) is 2.91. The van der Waals surface area contributed by atoms with Gasteiger partial charge in [0.05, 0.1) is 18.0 Å². The molecule has 0 unspecified atom stereocenters. The van der Waals surface area contributed by atoms with E-state index < -0.39 is 23.9 Å². The maximum atomic E-state index is 13.6. The molecule has 1 amide bonds. The van der Waals surface area contributed by atoms with Gasteiger partial charge in [-0.2, -0.15) is 0 Å². The number of nitrogens with zero attached hydrogens (tertiary/aromatic N) is 2. The van der Waals surface area contributed by atoms with E-state index in [9.17, 15) is 9.59 Å². The van der Waals surface area contributed by atoms with Crippen molar-refractivity contribution in [3.63, 3.8) is 0 Å². The van der Waals surface area contributed by atoms with Gasteiger partial charge in [-0.1, -0.05) is 24.3 Å². The molecule has 1 aliphatic rings. The number of carboxylic acid groups (broad SMARTS) is 1. The van der Waals surface area contributed by atoms with Gasteiger partial charge >= 0.3 is 5.97 Å². The zero-order valence-electron chi connectivity index (χ0n) is 17.3. The topological polar surface area (TPSA) is 79.3 Å². The van der Waals surface area contributed by atoms with Crippen LogP contribution in [0.25, 0.3) is 0 Å². The third-order valence-electron chi connectivity index (χ3n) is 4.80. The van der Waals surface area contributed by atoms with Crippen LogP contribution >= 0.6 is 11.8 Å². The van der Waals surface area contributed by atoms with Crippen LogP contribution in [0.1, 0.15) is 10.8 Å². The Morgan fingerprint density at radius 3 is 2.50 bits per heavy atom. The van der Waals surface area contributed by atoms with Crippen molar-refractivity contribution in [2.75, 3.05) is 45.8 Å². The molecule has 2 atom stereocenters. The van der Waals surface area contributed by atoms with Crippen LogP contribution in [0.5, 0.6) is 5.75 Å². The lowest BCUT2D eigenvalue weighted by Gasteiger charge is -2.28. The standard InChI is InChI=1S/C22H26N2O5S/c1-23(2)12-13-24-17-6-4-5-7-18(17)30-21(15-8-10-16(28-3)11-9-15)20(22(24)27)29-14-19(25)26/h4-11,20-21H,12-14H2,1-3H3,(H,25,26)/t20-,21+/m1/s1. The number of anilines is 1. The summed E-state index contributed by atoms with van der Waals surface area (Å²) >= 11 is 1.51. The Balaban J connectivity index is 2.03. The molecule has 7 nitrogen and oxygen atoms in total. The number of rotatable bonds is 8. The highest BCUT2D eigenvalue weighted by Gasteiger charge is 2.39. The molecule has 1 aliphatic heterocycles. The lowest BCUT2D eigenvalue weighted by molar-refractivity contribution is -0.147. The van der Waals surface area contributed by atoms with Crippen molar-refractivity contribution >= 4 is 29.3 Å². The van der Waals surface area contributed by atoms with E-state index in [1.807, 2.05) is 67.5 Å². The van der Waals surface area contributed by atoms with Crippen LogP contribution < -0.4 is 9.64 Å². The highest BCUT2D eigenvalue weighted by Crippen LogP contribution is 2.46. The van der Waals surface area contributed by atoms with Gasteiger partial charge in [0.2, 0.25) is 0 Å². The second-order valence-electron chi connectivity index (χ2n) is 7.20. The molecule has 0 saturated carbocycles. The van der Waals surface area contributed by atoms with Crippen molar-refractivity contribution in [3.05, 3.63) is 54.1 Å². The van der Waals surface area contributed by atoms with Gasteiger partial charge in [-0.15, -0.1) is 11.8 Å². The van der Waals surface area contributed by atoms with Crippen molar-refractivity contribution in [1.29, 1.82) is 0 Å². The van der Waals surface area contributed by atoms with Crippen molar-refractivity contribution in [1.82, 2.24) is 4.90 Å². The summed E-state index contributed by atoms with van der Waals surface area (Å²) in [5, 5.41) is 8.77. The molecule has 30 heavy (non-hydrogen) atoms. The largest absolute Gasteiger partial charge is 0.497 e. The summed E-state index contributed by atoms with van der Waals surface area (Å²) in [6, 6.07) is 15.2. The molecular formula is C22H26N2O5S. The first kappa shape index (κ1) is 22.1. The number of aliphatic carboxylic acids is 1. The zero-order chi connectivity index (χ0) is 21.7. The fourth-order valence-corrected chi connectivity index (χ4v) is 4.61. The molecule has 0 aromatic heterocycles. The first-order valence-corrected chi connectivity index (χ1v) is 10.5. The molecule has 0 aliphatic carbocycles. The molecule has 8 heteroatoms. The Morgan fingerprint density at radius 1 is 1.17 bits per heavy atom. The fraction of sp³-hybridized carbons (Fsp3) is 0.364. The van der Waals surface area contributed by atoms with Crippen LogP contribution in [0.15, 0.2) is 53.4 Å². The molecule has 0 fully saturated rings. The van der Waals surface area contributed by atoms with Gasteiger partial charge in [0.1, 0.15) is 12.4 Å². The average molecular weight is 431 g/mol. The number of carbonyl (C=O) groups is 2. The highest BCUT2D eigenvalue weighted by atomic mass is 32.2. The number of thioether (sulfide) groups is 1. The summed E-state index contributed by atoms with van der Waals surface area (Å²) in [6.07, 6.45) is -0.936. The minimum atomic E-state index is -1.11. The molecule has 2 aromatic carbocycles. The Hall–Kier alpha value is -2.55. The number of likely N-dealkylation sites (N-methyl/N-ethyl adjacent to an activating group) is 1. The van der Waals surface area contributed by atoms with Crippen LogP contribution in [0, 0.1) is 0 Å². The quantitative estimate of drug-likeness (QED) is 0.690. The molecule has 1 N–H and O–H groups in total. The highest BCUT2D eigenvalue weighted by molar-refractivity contribution is 7.99. The van der Waals surface area contributed by atoms with Gasteiger partial charge in [-0.25, -0.2) is 4.79 Å². The van der Waals surface area contributed by atoms with Gasteiger partial charge < -0.3 is 24.4 Å². The number of benzene rings is 2. The van der Waals surface area contributed by atoms with E-state index in [-0.39, 0.29) is 5.91 Å². The van der Waals surface area contributed by atoms with Crippen LogP contribution in [0.3, 0.4) is 0 Å². The minimum Gasteiger partial charge on any atom is -0.497 e. The summed E-state index contributed by atoms with van der Waals surface area (Å²) in [6.45, 7) is 0.608. The van der Waals surface area contributed by atoms with E-state index in [0.717, 1.165) is 16.1 Å².